The molecule has 0 aromatic heterocycles. The van der Waals surface area contributed by atoms with E-state index in [1.54, 1.807) is 13.0 Å². The first-order valence-electron chi connectivity index (χ1n) is 12.0. The summed E-state index contributed by atoms with van der Waals surface area (Å²) in [5.74, 6) is -4.31. The van der Waals surface area contributed by atoms with Crippen molar-refractivity contribution in [3.05, 3.63) is 118 Å². The molecule has 8 nitrogen and oxygen atoms in total. The molecule has 4 N–H and O–H groups in total. The van der Waals surface area contributed by atoms with Crippen LogP contribution in [0.4, 0.5) is 0 Å². The van der Waals surface area contributed by atoms with E-state index < -0.39 is 29.3 Å². The second-order valence-corrected chi connectivity index (χ2v) is 9.34. The van der Waals surface area contributed by atoms with Crippen LogP contribution < -0.4 is 0 Å². The molecule has 4 rings (SSSR count). The van der Waals surface area contributed by atoms with Crippen LogP contribution in [0.1, 0.15) is 50.8 Å². The number of aliphatic carboxylic acids is 2. The van der Waals surface area contributed by atoms with Crippen molar-refractivity contribution in [3.63, 3.8) is 0 Å². The molecule has 3 aromatic carbocycles. The Hall–Kier alpha value is -4.98. The largest absolute Gasteiger partial charge is 0.481 e. The number of carboxylic acids is 4. The molecule has 1 atom stereocenters. The zero-order valence-corrected chi connectivity index (χ0v) is 21.4. The average Bonchev–Trinajstić information content (AvgIpc) is 2.90. The maximum atomic E-state index is 12.0. The SMILES string of the molecule is CC1(C(=O)O)C=CC=C(C(=O)O)C1.Cc1c(-c2ccccc2)cc(C(=O)O)c(Cc2ccccc2)c1C(=O)O. The minimum absolute atomic E-state index is 0.0238. The predicted molar refractivity (Wildman–Crippen MR) is 145 cm³/mol. The molecular formula is C31H28O8. The zero-order chi connectivity index (χ0) is 28.7. The first-order valence-corrected chi connectivity index (χ1v) is 12.0. The monoisotopic (exact) mass is 528 g/mol. The summed E-state index contributed by atoms with van der Waals surface area (Å²) in [7, 11) is 0. The van der Waals surface area contributed by atoms with Gasteiger partial charge in [-0.15, -0.1) is 0 Å². The molecule has 1 unspecified atom stereocenters. The minimum Gasteiger partial charge on any atom is -0.481 e. The number of hydrogen-bond donors (Lipinski definition) is 4. The summed E-state index contributed by atoms with van der Waals surface area (Å²) in [6.07, 6.45) is 4.68. The van der Waals surface area contributed by atoms with Crippen molar-refractivity contribution >= 4 is 23.9 Å². The smallest absolute Gasteiger partial charge is 0.336 e. The van der Waals surface area contributed by atoms with Gasteiger partial charge in [0.25, 0.3) is 0 Å². The topological polar surface area (TPSA) is 149 Å². The third-order valence-electron chi connectivity index (χ3n) is 6.53. The van der Waals surface area contributed by atoms with Gasteiger partial charge < -0.3 is 20.4 Å². The van der Waals surface area contributed by atoms with Crippen LogP contribution in [0.15, 0.2) is 90.5 Å². The zero-order valence-electron chi connectivity index (χ0n) is 21.4. The van der Waals surface area contributed by atoms with E-state index in [-0.39, 0.29) is 29.5 Å². The van der Waals surface area contributed by atoms with Gasteiger partial charge in [-0.1, -0.05) is 78.9 Å². The molecule has 8 heteroatoms. The summed E-state index contributed by atoms with van der Waals surface area (Å²) < 4.78 is 0. The van der Waals surface area contributed by atoms with Crippen molar-refractivity contribution in [1.82, 2.24) is 0 Å². The molecule has 1 aliphatic rings. The van der Waals surface area contributed by atoms with Gasteiger partial charge in [-0.3, -0.25) is 4.79 Å². The normalized spacial score (nSPS) is 15.9. The molecule has 0 amide bonds. The lowest BCUT2D eigenvalue weighted by Crippen LogP contribution is -2.28. The van der Waals surface area contributed by atoms with Gasteiger partial charge in [0.2, 0.25) is 0 Å². The van der Waals surface area contributed by atoms with Crippen molar-refractivity contribution in [3.8, 4) is 11.1 Å². The van der Waals surface area contributed by atoms with E-state index in [1.807, 2.05) is 60.7 Å². The van der Waals surface area contributed by atoms with Crippen LogP contribution in [0.2, 0.25) is 0 Å². The van der Waals surface area contributed by atoms with Crippen LogP contribution in [0.3, 0.4) is 0 Å². The highest BCUT2D eigenvalue weighted by Gasteiger charge is 2.34. The summed E-state index contributed by atoms with van der Waals surface area (Å²) in [6, 6.07) is 20.1. The average molecular weight is 529 g/mol. The molecule has 0 spiro atoms. The number of aromatic carboxylic acids is 2. The first-order chi connectivity index (χ1) is 18.4. The van der Waals surface area contributed by atoms with Crippen LogP contribution in [-0.4, -0.2) is 44.3 Å². The van der Waals surface area contributed by atoms with Gasteiger partial charge in [-0.05, 0) is 60.6 Å². The molecule has 0 saturated carbocycles. The number of rotatable bonds is 7. The molecule has 39 heavy (non-hydrogen) atoms. The third-order valence-corrected chi connectivity index (χ3v) is 6.53. The van der Waals surface area contributed by atoms with E-state index in [4.69, 9.17) is 10.2 Å². The lowest BCUT2D eigenvalue weighted by atomic mass is 9.80. The minimum atomic E-state index is -1.13. The van der Waals surface area contributed by atoms with Crippen molar-refractivity contribution in [2.45, 2.75) is 26.7 Å². The number of allylic oxidation sites excluding steroid dienone is 2. The number of carbonyl (C=O) groups is 4. The molecule has 0 aliphatic heterocycles. The van der Waals surface area contributed by atoms with E-state index in [0.717, 1.165) is 11.1 Å². The molecule has 200 valence electrons. The van der Waals surface area contributed by atoms with Crippen LogP contribution in [-0.2, 0) is 16.0 Å². The fourth-order valence-electron chi connectivity index (χ4n) is 4.40. The quantitative estimate of drug-likeness (QED) is 0.305. The fraction of sp³-hybridized carbons (Fsp3) is 0.161. The molecule has 0 heterocycles. The Bertz CT molecular complexity index is 1470. The van der Waals surface area contributed by atoms with E-state index >= 15 is 0 Å². The fourth-order valence-corrected chi connectivity index (χ4v) is 4.40. The van der Waals surface area contributed by atoms with Crippen LogP contribution in [0.5, 0.6) is 0 Å². The molecule has 0 bridgehead atoms. The highest BCUT2D eigenvalue weighted by atomic mass is 16.4. The maximum Gasteiger partial charge on any atom is 0.336 e. The summed E-state index contributed by atoms with van der Waals surface area (Å²) >= 11 is 0. The van der Waals surface area contributed by atoms with Crippen molar-refractivity contribution in [2.24, 2.45) is 5.41 Å². The number of benzene rings is 3. The highest BCUT2D eigenvalue weighted by Crippen LogP contribution is 2.33. The van der Waals surface area contributed by atoms with Crippen molar-refractivity contribution < 1.29 is 39.6 Å². The van der Waals surface area contributed by atoms with Gasteiger partial charge in [0, 0.05) is 5.57 Å². The molecule has 3 aromatic rings. The van der Waals surface area contributed by atoms with Gasteiger partial charge in [-0.2, -0.15) is 0 Å². The van der Waals surface area contributed by atoms with Gasteiger partial charge in [0.1, 0.15) is 0 Å². The Morgan fingerprint density at radius 2 is 1.41 bits per heavy atom. The summed E-state index contributed by atoms with van der Waals surface area (Å²) in [6.45, 7) is 3.23. The Morgan fingerprint density at radius 3 is 1.92 bits per heavy atom. The number of carboxylic acid groups (broad SMARTS) is 4. The molecule has 0 saturated heterocycles. The van der Waals surface area contributed by atoms with E-state index in [1.165, 1.54) is 25.2 Å². The Labute approximate surface area is 225 Å². The van der Waals surface area contributed by atoms with Gasteiger partial charge in [0.15, 0.2) is 0 Å². The number of hydrogen-bond acceptors (Lipinski definition) is 4. The van der Waals surface area contributed by atoms with Crippen LogP contribution in [0.25, 0.3) is 11.1 Å². The summed E-state index contributed by atoms with van der Waals surface area (Å²) in [5.41, 5.74) is 2.31. The Balaban J connectivity index is 0.000000272. The van der Waals surface area contributed by atoms with Gasteiger partial charge in [-0.25, -0.2) is 14.4 Å². The second kappa shape index (κ2) is 12.0. The van der Waals surface area contributed by atoms with E-state index in [2.05, 4.69) is 0 Å². The van der Waals surface area contributed by atoms with Crippen LogP contribution in [0, 0.1) is 12.3 Å². The summed E-state index contributed by atoms with van der Waals surface area (Å²) in [4.78, 5) is 45.2. The highest BCUT2D eigenvalue weighted by molar-refractivity contribution is 6.00. The van der Waals surface area contributed by atoms with Gasteiger partial charge >= 0.3 is 23.9 Å². The molecule has 1 aliphatic carbocycles. The van der Waals surface area contributed by atoms with E-state index in [0.29, 0.717) is 16.7 Å². The first kappa shape index (κ1) is 28.6. The van der Waals surface area contributed by atoms with Gasteiger partial charge in [0.05, 0.1) is 16.5 Å². The van der Waals surface area contributed by atoms with Crippen molar-refractivity contribution in [1.29, 1.82) is 0 Å². The second-order valence-electron chi connectivity index (χ2n) is 9.34. The third kappa shape index (κ3) is 6.67. The van der Waals surface area contributed by atoms with Crippen molar-refractivity contribution in [2.75, 3.05) is 0 Å². The molecular weight excluding hydrogens is 500 g/mol. The summed E-state index contributed by atoms with van der Waals surface area (Å²) in [5, 5.41) is 37.0. The standard InChI is InChI=1S/C22H18O4.C9H10O4/c1-14-17(16-10-6-3-7-11-16)13-19(21(23)24)18(20(14)22(25)26)12-15-8-4-2-5-9-15;1-9(8(12)13)4-2-3-6(5-9)7(10)11/h2-11,13H,12H2,1H3,(H,23,24)(H,25,26);2-4H,5H2,1H3,(H,10,11)(H,12,13). The molecule has 0 fully saturated rings. The maximum absolute atomic E-state index is 12.0. The Kier molecular flexibility index (Phi) is 8.83. The lowest BCUT2D eigenvalue weighted by molar-refractivity contribution is -0.145. The molecule has 0 radical (unpaired) electrons. The Morgan fingerprint density at radius 1 is 0.821 bits per heavy atom. The predicted octanol–water partition coefficient (Wildman–Crippen LogP) is 5.70. The van der Waals surface area contributed by atoms with E-state index in [9.17, 15) is 29.4 Å². The van der Waals surface area contributed by atoms with Crippen LogP contribution >= 0.6 is 0 Å². The lowest BCUT2D eigenvalue weighted by Gasteiger charge is -2.23.